The van der Waals surface area contributed by atoms with E-state index in [9.17, 15) is 0 Å². The van der Waals surface area contributed by atoms with Gasteiger partial charge in [-0.05, 0) is 32.4 Å². The van der Waals surface area contributed by atoms with E-state index < -0.39 is 0 Å². The number of rotatable bonds is 0. The van der Waals surface area contributed by atoms with Crippen molar-refractivity contribution in [2.45, 2.75) is 33.2 Å². The van der Waals surface area contributed by atoms with Crippen LogP contribution in [0.25, 0.3) is 0 Å². The zero-order valence-corrected chi connectivity index (χ0v) is 9.26. The first-order valence-electron chi connectivity index (χ1n) is 5.28. The standard InChI is InChI=1S/C11H21NO/c1-9-11(7-13-8-11)10(2,3)5-6-12(9)4/h9H,5-8H2,1-4H3. The van der Waals surface area contributed by atoms with Crippen molar-refractivity contribution >= 4 is 0 Å². The summed E-state index contributed by atoms with van der Waals surface area (Å²) >= 11 is 0. The fourth-order valence-electron chi connectivity index (χ4n) is 2.84. The molecular weight excluding hydrogens is 162 g/mol. The molecule has 0 aromatic rings. The van der Waals surface area contributed by atoms with Crippen LogP contribution in [0.15, 0.2) is 0 Å². The third kappa shape index (κ3) is 1.08. The van der Waals surface area contributed by atoms with Gasteiger partial charge in [-0.25, -0.2) is 0 Å². The molecule has 0 radical (unpaired) electrons. The fourth-order valence-corrected chi connectivity index (χ4v) is 2.84. The van der Waals surface area contributed by atoms with E-state index >= 15 is 0 Å². The van der Waals surface area contributed by atoms with Gasteiger partial charge in [-0.3, -0.25) is 0 Å². The fraction of sp³-hybridized carbons (Fsp3) is 1.00. The smallest absolute Gasteiger partial charge is 0.0565 e. The summed E-state index contributed by atoms with van der Waals surface area (Å²) in [6.45, 7) is 10.3. The number of likely N-dealkylation sites (tertiary alicyclic amines) is 1. The van der Waals surface area contributed by atoms with Crippen molar-refractivity contribution in [3.05, 3.63) is 0 Å². The Bertz CT molecular complexity index is 208. The first-order valence-corrected chi connectivity index (χ1v) is 5.28. The van der Waals surface area contributed by atoms with Gasteiger partial charge in [0.15, 0.2) is 0 Å². The third-order valence-corrected chi connectivity index (χ3v) is 4.62. The number of piperidine rings is 1. The average molecular weight is 183 g/mol. The molecule has 0 saturated carbocycles. The first kappa shape index (κ1) is 9.47. The zero-order valence-electron chi connectivity index (χ0n) is 9.26. The Labute approximate surface area is 81.3 Å². The zero-order chi connectivity index (χ0) is 9.69. The van der Waals surface area contributed by atoms with E-state index in [1.807, 2.05) is 0 Å². The van der Waals surface area contributed by atoms with Crippen LogP contribution in [0, 0.1) is 10.8 Å². The number of ether oxygens (including phenoxy) is 1. The van der Waals surface area contributed by atoms with E-state index in [0.717, 1.165) is 13.2 Å². The van der Waals surface area contributed by atoms with Crippen molar-refractivity contribution in [3.63, 3.8) is 0 Å². The molecule has 2 heteroatoms. The van der Waals surface area contributed by atoms with Crippen LogP contribution in [-0.4, -0.2) is 37.7 Å². The number of hydrogen-bond donors (Lipinski definition) is 0. The normalized spacial score (nSPS) is 37.4. The molecule has 1 atom stereocenters. The molecule has 0 aromatic carbocycles. The molecule has 2 aliphatic rings. The van der Waals surface area contributed by atoms with Crippen molar-refractivity contribution in [1.29, 1.82) is 0 Å². The highest BCUT2D eigenvalue weighted by molar-refractivity contribution is 5.06. The topological polar surface area (TPSA) is 12.5 Å². The second-order valence-electron chi connectivity index (χ2n) is 5.44. The Kier molecular flexibility index (Phi) is 1.97. The maximum absolute atomic E-state index is 5.44. The molecule has 0 aliphatic carbocycles. The number of nitrogens with zero attached hydrogens (tertiary/aromatic N) is 1. The lowest BCUT2D eigenvalue weighted by molar-refractivity contribution is -0.226. The summed E-state index contributed by atoms with van der Waals surface area (Å²) in [6.07, 6.45) is 1.30. The summed E-state index contributed by atoms with van der Waals surface area (Å²) in [5, 5.41) is 0. The van der Waals surface area contributed by atoms with Crippen molar-refractivity contribution < 1.29 is 4.74 Å². The van der Waals surface area contributed by atoms with Gasteiger partial charge in [0.2, 0.25) is 0 Å². The summed E-state index contributed by atoms with van der Waals surface area (Å²) < 4.78 is 5.44. The highest BCUT2D eigenvalue weighted by Crippen LogP contribution is 2.53. The van der Waals surface area contributed by atoms with Crippen molar-refractivity contribution in [2.24, 2.45) is 10.8 Å². The van der Waals surface area contributed by atoms with Gasteiger partial charge in [0.05, 0.1) is 13.2 Å². The second-order valence-corrected chi connectivity index (χ2v) is 5.44. The maximum Gasteiger partial charge on any atom is 0.0565 e. The Balaban J connectivity index is 2.26. The van der Waals surface area contributed by atoms with Crippen molar-refractivity contribution in [2.75, 3.05) is 26.8 Å². The van der Waals surface area contributed by atoms with Crippen LogP contribution in [0.3, 0.4) is 0 Å². The quantitative estimate of drug-likeness (QED) is 0.567. The lowest BCUT2D eigenvalue weighted by Crippen LogP contribution is -2.66. The van der Waals surface area contributed by atoms with Gasteiger partial charge in [-0.2, -0.15) is 0 Å². The average Bonchev–Trinajstić information content (AvgIpc) is 1.95. The van der Waals surface area contributed by atoms with Gasteiger partial charge in [0.1, 0.15) is 0 Å². The van der Waals surface area contributed by atoms with E-state index in [4.69, 9.17) is 4.74 Å². The Morgan fingerprint density at radius 3 is 2.31 bits per heavy atom. The maximum atomic E-state index is 5.44. The minimum Gasteiger partial charge on any atom is -0.380 e. The van der Waals surface area contributed by atoms with E-state index in [1.54, 1.807) is 0 Å². The summed E-state index contributed by atoms with van der Waals surface area (Å²) in [7, 11) is 2.24. The second kappa shape index (κ2) is 2.71. The summed E-state index contributed by atoms with van der Waals surface area (Å²) in [6, 6.07) is 0.671. The van der Waals surface area contributed by atoms with Crippen LogP contribution in [-0.2, 0) is 4.74 Å². The van der Waals surface area contributed by atoms with Gasteiger partial charge < -0.3 is 9.64 Å². The molecule has 2 rings (SSSR count). The van der Waals surface area contributed by atoms with Crippen LogP contribution in [0.1, 0.15) is 27.2 Å². The lowest BCUT2D eigenvalue weighted by atomic mass is 9.56. The molecule has 2 saturated heterocycles. The summed E-state index contributed by atoms with van der Waals surface area (Å²) in [4.78, 5) is 2.48. The van der Waals surface area contributed by atoms with Crippen molar-refractivity contribution in [3.8, 4) is 0 Å². The monoisotopic (exact) mass is 183 g/mol. The predicted octanol–water partition coefficient (Wildman–Crippen LogP) is 1.75. The summed E-state index contributed by atoms with van der Waals surface area (Å²) in [5.74, 6) is 0. The predicted molar refractivity (Wildman–Crippen MR) is 53.7 cm³/mol. The molecule has 1 unspecified atom stereocenters. The molecule has 2 aliphatic heterocycles. The van der Waals surface area contributed by atoms with Crippen LogP contribution in [0.5, 0.6) is 0 Å². The molecular formula is C11H21NO. The van der Waals surface area contributed by atoms with Crippen molar-refractivity contribution in [1.82, 2.24) is 4.90 Å². The van der Waals surface area contributed by atoms with E-state index in [-0.39, 0.29) is 0 Å². The van der Waals surface area contributed by atoms with Crippen LogP contribution >= 0.6 is 0 Å². The highest BCUT2D eigenvalue weighted by atomic mass is 16.5. The van der Waals surface area contributed by atoms with Gasteiger partial charge in [-0.1, -0.05) is 13.8 Å². The molecule has 2 nitrogen and oxygen atoms in total. The molecule has 0 bridgehead atoms. The Hall–Kier alpha value is -0.0800. The van der Waals surface area contributed by atoms with Gasteiger partial charge in [0, 0.05) is 11.5 Å². The minimum atomic E-state index is 0.431. The SMILES string of the molecule is CC1N(C)CCC(C)(C)C12COC2. The van der Waals surface area contributed by atoms with E-state index in [0.29, 0.717) is 16.9 Å². The highest BCUT2D eigenvalue weighted by Gasteiger charge is 2.57. The minimum absolute atomic E-state index is 0.431. The largest absolute Gasteiger partial charge is 0.380 e. The van der Waals surface area contributed by atoms with Crippen LogP contribution < -0.4 is 0 Å². The van der Waals surface area contributed by atoms with Gasteiger partial charge in [-0.15, -0.1) is 0 Å². The number of hydrogen-bond acceptors (Lipinski definition) is 2. The molecule has 1 spiro atoms. The molecule has 0 aromatic heterocycles. The molecule has 0 N–H and O–H groups in total. The van der Waals surface area contributed by atoms with E-state index in [1.165, 1.54) is 13.0 Å². The van der Waals surface area contributed by atoms with Crippen LogP contribution in [0.2, 0.25) is 0 Å². The van der Waals surface area contributed by atoms with Gasteiger partial charge >= 0.3 is 0 Å². The van der Waals surface area contributed by atoms with Gasteiger partial charge in [0.25, 0.3) is 0 Å². The molecule has 13 heavy (non-hydrogen) atoms. The molecule has 0 amide bonds. The first-order chi connectivity index (χ1) is 6.00. The van der Waals surface area contributed by atoms with Crippen LogP contribution in [0.4, 0.5) is 0 Å². The third-order valence-electron chi connectivity index (χ3n) is 4.62. The Morgan fingerprint density at radius 1 is 1.31 bits per heavy atom. The van der Waals surface area contributed by atoms with E-state index in [2.05, 4.69) is 32.7 Å². The molecule has 76 valence electrons. The Morgan fingerprint density at radius 2 is 1.92 bits per heavy atom. The lowest BCUT2D eigenvalue weighted by Gasteiger charge is -2.61. The molecule has 2 fully saturated rings. The molecule has 2 heterocycles. The summed E-state index contributed by atoms with van der Waals surface area (Å²) in [5.41, 5.74) is 0.886.